The van der Waals surface area contributed by atoms with Gasteiger partial charge in [-0.1, -0.05) is 0 Å². The van der Waals surface area contributed by atoms with Crippen molar-refractivity contribution in [2.45, 2.75) is 20.8 Å². The van der Waals surface area contributed by atoms with Gasteiger partial charge in [0.2, 0.25) is 5.88 Å². The molecule has 0 spiro atoms. The number of carbonyl (C=O) groups excluding carboxylic acids is 3. The van der Waals surface area contributed by atoms with Gasteiger partial charge in [-0.3, -0.25) is 5.32 Å². The number of anilines is 1. The lowest BCUT2D eigenvalue weighted by Gasteiger charge is -2.06. The number of ether oxygens (including phenoxy) is 3. The summed E-state index contributed by atoms with van der Waals surface area (Å²) in [6, 6.07) is 0. The first kappa shape index (κ1) is 16.5. The Hall–Kier alpha value is -2.51. The zero-order valence-corrected chi connectivity index (χ0v) is 12.3. The molecule has 0 radical (unpaired) electrons. The van der Waals surface area contributed by atoms with Gasteiger partial charge in [0.15, 0.2) is 0 Å². The van der Waals surface area contributed by atoms with Crippen molar-refractivity contribution >= 4 is 23.9 Å². The third-order valence-corrected chi connectivity index (χ3v) is 2.44. The summed E-state index contributed by atoms with van der Waals surface area (Å²) in [6.45, 7) is 4.94. The minimum atomic E-state index is -0.843. The lowest BCUT2D eigenvalue weighted by molar-refractivity contribution is 0.0480. The number of methoxy groups -OCH3 is 1. The average Bonchev–Trinajstić information content (AvgIpc) is 2.75. The molecule has 1 aromatic rings. The molecule has 8 nitrogen and oxygen atoms in total. The molecule has 0 saturated carbocycles. The summed E-state index contributed by atoms with van der Waals surface area (Å²) in [6.07, 6.45) is -0.843. The van der Waals surface area contributed by atoms with Crippen molar-refractivity contribution in [2.24, 2.45) is 0 Å². The van der Waals surface area contributed by atoms with Crippen LogP contribution in [0.4, 0.5) is 10.7 Å². The predicted octanol–water partition coefficient (Wildman–Crippen LogP) is 2.12. The van der Waals surface area contributed by atoms with E-state index in [-0.39, 0.29) is 36.0 Å². The second-order valence-corrected chi connectivity index (χ2v) is 3.79. The Morgan fingerprint density at radius 1 is 1.05 bits per heavy atom. The van der Waals surface area contributed by atoms with Crippen molar-refractivity contribution in [1.29, 1.82) is 0 Å². The van der Waals surface area contributed by atoms with E-state index in [9.17, 15) is 14.4 Å². The molecule has 0 bridgehead atoms. The van der Waals surface area contributed by atoms with Crippen molar-refractivity contribution in [2.75, 3.05) is 25.6 Å². The molecule has 0 atom stereocenters. The summed E-state index contributed by atoms with van der Waals surface area (Å²) in [7, 11) is 1.15. The molecule has 21 heavy (non-hydrogen) atoms. The Kier molecular flexibility index (Phi) is 5.77. The monoisotopic (exact) mass is 299 g/mol. The molecule has 1 heterocycles. The molecular weight excluding hydrogens is 282 g/mol. The standard InChI is InChI=1S/C13H17NO7/c1-5-19-11(15)8-7(3)21-10(14-13(17)18-4)9(8)12(16)20-6-2/h5-6H2,1-4H3,(H,14,17). The van der Waals surface area contributed by atoms with Gasteiger partial charge in [-0.2, -0.15) is 0 Å². The highest BCUT2D eigenvalue weighted by molar-refractivity contribution is 6.08. The molecule has 1 aromatic heterocycles. The molecule has 0 unspecified atom stereocenters. The minimum Gasteiger partial charge on any atom is -0.462 e. The smallest absolute Gasteiger partial charge is 0.413 e. The van der Waals surface area contributed by atoms with E-state index < -0.39 is 18.0 Å². The van der Waals surface area contributed by atoms with Crippen molar-refractivity contribution in [3.05, 3.63) is 16.9 Å². The summed E-state index contributed by atoms with van der Waals surface area (Å²) in [5, 5.41) is 2.22. The summed E-state index contributed by atoms with van der Waals surface area (Å²) < 4.78 is 19.4. The van der Waals surface area contributed by atoms with E-state index in [1.165, 1.54) is 6.92 Å². The van der Waals surface area contributed by atoms with Gasteiger partial charge in [-0.25, -0.2) is 14.4 Å². The molecule has 0 aliphatic rings. The Labute approximate surface area is 121 Å². The number of amides is 1. The van der Waals surface area contributed by atoms with Crippen molar-refractivity contribution in [3.8, 4) is 0 Å². The van der Waals surface area contributed by atoms with Crippen LogP contribution < -0.4 is 5.32 Å². The van der Waals surface area contributed by atoms with E-state index in [0.717, 1.165) is 7.11 Å². The quantitative estimate of drug-likeness (QED) is 0.655. The average molecular weight is 299 g/mol. The lowest BCUT2D eigenvalue weighted by Crippen LogP contribution is -2.17. The van der Waals surface area contributed by atoms with Gasteiger partial charge in [0.1, 0.15) is 16.9 Å². The fourth-order valence-corrected chi connectivity index (χ4v) is 1.62. The van der Waals surface area contributed by atoms with Gasteiger partial charge in [0.25, 0.3) is 0 Å². The lowest BCUT2D eigenvalue weighted by atomic mass is 10.1. The zero-order valence-electron chi connectivity index (χ0n) is 12.3. The fourth-order valence-electron chi connectivity index (χ4n) is 1.62. The van der Waals surface area contributed by atoms with E-state index in [2.05, 4.69) is 10.1 Å². The first-order valence-corrected chi connectivity index (χ1v) is 6.28. The maximum absolute atomic E-state index is 12.0. The Morgan fingerprint density at radius 2 is 1.57 bits per heavy atom. The van der Waals surface area contributed by atoms with Gasteiger partial charge in [0.05, 0.1) is 20.3 Å². The molecule has 0 aliphatic heterocycles. The molecule has 0 aromatic carbocycles. The summed E-state index contributed by atoms with van der Waals surface area (Å²) in [5.41, 5.74) is -0.278. The van der Waals surface area contributed by atoms with Crippen molar-refractivity contribution < 1.29 is 33.0 Å². The van der Waals surface area contributed by atoms with Gasteiger partial charge in [-0.05, 0) is 20.8 Å². The molecule has 0 aliphatic carbocycles. The van der Waals surface area contributed by atoms with Gasteiger partial charge in [0, 0.05) is 0 Å². The van der Waals surface area contributed by atoms with Gasteiger partial charge < -0.3 is 18.6 Å². The third-order valence-electron chi connectivity index (χ3n) is 2.44. The third kappa shape index (κ3) is 3.74. The summed E-state index contributed by atoms with van der Waals surface area (Å²) in [4.78, 5) is 35.2. The van der Waals surface area contributed by atoms with Crippen LogP contribution in [-0.4, -0.2) is 38.4 Å². The topological polar surface area (TPSA) is 104 Å². The molecule has 1 amide bonds. The Morgan fingerprint density at radius 3 is 2.05 bits per heavy atom. The SMILES string of the molecule is CCOC(=O)c1c(C)oc(NC(=O)OC)c1C(=O)OCC. The number of carbonyl (C=O) groups is 3. The van der Waals surface area contributed by atoms with Gasteiger partial charge >= 0.3 is 18.0 Å². The van der Waals surface area contributed by atoms with Crippen LogP contribution in [0.3, 0.4) is 0 Å². The molecular formula is C13H17NO7. The zero-order chi connectivity index (χ0) is 16.0. The first-order valence-electron chi connectivity index (χ1n) is 6.28. The second kappa shape index (κ2) is 7.32. The van der Waals surface area contributed by atoms with E-state index in [4.69, 9.17) is 13.9 Å². The first-order chi connectivity index (χ1) is 9.96. The number of nitrogens with one attached hydrogen (secondary N) is 1. The largest absolute Gasteiger partial charge is 0.462 e. The Balaban J connectivity index is 3.31. The maximum atomic E-state index is 12.0. The van der Waals surface area contributed by atoms with E-state index in [0.29, 0.717) is 0 Å². The van der Waals surface area contributed by atoms with Crippen LogP contribution in [-0.2, 0) is 14.2 Å². The van der Waals surface area contributed by atoms with Crippen molar-refractivity contribution in [1.82, 2.24) is 0 Å². The molecule has 0 fully saturated rings. The van der Waals surface area contributed by atoms with Crippen LogP contribution in [0.15, 0.2) is 4.42 Å². The van der Waals surface area contributed by atoms with Crippen molar-refractivity contribution in [3.63, 3.8) is 0 Å². The number of rotatable bonds is 5. The van der Waals surface area contributed by atoms with E-state index >= 15 is 0 Å². The van der Waals surface area contributed by atoms with Gasteiger partial charge in [-0.15, -0.1) is 0 Å². The number of hydrogen-bond donors (Lipinski definition) is 1. The predicted molar refractivity (Wildman–Crippen MR) is 71.4 cm³/mol. The highest BCUT2D eigenvalue weighted by Crippen LogP contribution is 2.29. The molecule has 1 N–H and O–H groups in total. The number of esters is 2. The van der Waals surface area contributed by atoms with E-state index in [1.54, 1.807) is 13.8 Å². The van der Waals surface area contributed by atoms with Crippen LogP contribution >= 0.6 is 0 Å². The Bertz CT molecular complexity index is 547. The number of furan rings is 1. The van der Waals surface area contributed by atoms with E-state index in [1.807, 2.05) is 0 Å². The number of hydrogen-bond acceptors (Lipinski definition) is 7. The fraction of sp³-hybridized carbons (Fsp3) is 0.462. The minimum absolute atomic E-state index is 0.0818. The van der Waals surface area contributed by atoms with Crippen LogP contribution in [0, 0.1) is 6.92 Å². The van der Waals surface area contributed by atoms with Crippen LogP contribution in [0.2, 0.25) is 0 Å². The molecule has 8 heteroatoms. The highest BCUT2D eigenvalue weighted by Gasteiger charge is 2.31. The van der Waals surface area contributed by atoms with Crippen LogP contribution in [0.25, 0.3) is 0 Å². The maximum Gasteiger partial charge on any atom is 0.413 e. The highest BCUT2D eigenvalue weighted by atomic mass is 16.5. The molecule has 116 valence electrons. The molecule has 1 rings (SSSR count). The van der Waals surface area contributed by atoms with Crippen LogP contribution in [0.1, 0.15) is 40.3 Å². The summed E-state index contributed by atoms with van der Waals surface area (Å²) >= 11 is 0. The van der Waals surface area contributed by atoms with Crippen LogP contribution in [0.5, 0.6) is 0 Å². The second-order valence-electron chi connectivity index (χ2n) is 3.79. The normalized spacial score (nSPS) is 9.90. The molecule has 0 saturated heterocycles. The summed E-state index contributed by atoms with van der Waals surface area (Å²) in [5.74, 6) is -1.63. The number of aryl methyl sites for hydroxylation is 1.